The van der Waals surface area contributed by atoms with Crippen molar-refractivity contribution in [2.24, 2.45) is 0 Å². The quantitative estimate of drug-likeness (QED) is 0.682. The van der Waals surface area contributed by atoms with Crippen molar-refractivity contribution in [1.82, 2.24) is 25.7 Å². The first-order chi connectivity index (χ1) is 8.68. The van der Waals surface area contributed by atoms with E-state index in [9.17, 15) is 4.79 Å². The van der Waals surface area contributed by atoms with E-state index >= 15 is 0 Å². The van der Waals surface area contributed by atoms with Crippen LogP contribution in [0.4, 0.5) is 0 Å². The molecule has 2 rings (SSSR count). The fourth-order valence-corrected chi connectivity index (χ4v) is 2.12. The third-order valence-corrected chi connectivity index (χ3v) is 3.47. The molecule has 3 N–H and O–H groups in total. The van der Waals surface area contributed by atoms with Crippen molar-refractivity contribution >= 4 is 5.91 Å². The Balaban J connectivity index is 1.82. The van der Waals surface area contributed by atoms with Crippen LogP contribution in [-0.4, -0.2) is 53.2 Å². The first-order valence-corrected chi connectivity index (χ1v) is 6.40. The topological polar surface area (TPSA) is 73.0 Å². The summed E-state index contributed by atoms with van der Waals surface area (Å²) in [6.07, 6.45) is 1.76. The maximum atomic E-state index is 12.0. The molecule has 1 unspecified atom stereocenters. The number of amides is 1. The molecule has 18 heavy (non-hydrogen) atoms. The van der Waals surface area contributed by atoms with E-state index in [1.54, 1.807) is 6.20 Å². The van der Waals surface area contributed by atoms with Crippen molar-refractivity contribution in [2.75, 3.05) is 26.2 Å². The minimum atomic E-state index is -0.0701. The van der Waals surface area contributed by atoms with Gasteiger partial charge < -0.3 is 10.6 Å². The second-order valence-electron chi connectivity index (χ2n) is 4.70. The van der Waals surface area contributed by atoms with Gasteiger partial charge in [0.1, 0.15) is 0 Å². The van der Waals surface area contributed by atoms with Crippen LogP contribution in [0.15, 0.2) is 6.20 Å². The van der Waals surface area contributed by atoms with Crippen molar-refractivity contribution in [3.63, 3.8) is 0 Å². The molecule has 0 aromatic carbocycles. The maximum Gasteiger partial charge on any atom is 0.237 e. The van der Waals surface area contributed by atoms with Crippen LogP contribution >= 0.6 is 0 Å². The smallest absolute Gasteiger partial charge is 0.237 e. The predicted octanol–water partition coefficient (Wildman–Crippen LogP) is -0.372. The normalized spacial score (nSPS) is 18.6. The van der Waals surface area contributed by atoms with E-state index in [2.05, 4.69) is 25.7 Å². The summed E-state index contributed by atoms with van der Waals surface area (Å²) in [5, 5.41) is 13.1. The number of carbonyl (C=O) groups excluding carboxylic acids is 1. The van der Waals surface area contributed by atoms with Crippen LogP contribution in [0.3, 0.4) is 0 Å². The Kier molecular flexibility index (Phi) is 4.33. The van der Waals surface area contributed by atoms with Gasteiger partial charge >= 0.3 is 0 Å². The average molecular weight is 251 g/mol. The summed E-state index contributed by atoms with van der Waals surface area (Å²) in [4.78, 5) is 14.2. The third kappa shape index (κ3) is 3.08. The number of nitrogens with one attached hydrogen (secondary N) is 3. The number of piperazine rings is 1. The summed E-state index contributed by atoms with van der Waals surface area (Å²) >= 11 is 0. The second kappa shape index (κ2) is 5.97. The molecule has 0 radical (unpaired) electrons. The highest BCUT2D eigenvalue weighted by atomic mass is 16.2. The summed E-state index contributed by atoms with van der Waals surface area (Å²) in [5.74, 6) is 0.0810. The lowest BCUT2D eigenvalue weighted by atomic mass is 10.2. The number of aromatic amines is 1. The molecule has 1 aliphatic rings. The molecule has 100 valence electrons. The van der Waals surface area contributed by atoms with E-state index in [4.69, 9.17) is 0 Å². The van der Waals surface area contributed by atoms with Gasteiger partial charge in [-0.1, -0.05) is 0 Å². The Hall–Kier alpha value is -1.40. The minimum absolute atomic E-state index is 0.0701. The molecule has 6 nitrogen and oxygen atoms in total. The monoisotopic (exact) mass is 251 g/mol. The zero-order valence-corrected chi connectivity index (χ0v) is 11.0. The molecule has 2 heterocycles. The van der Waals surface area contributed by atoms with Gasteiger partial charge in [0.05, 0.1) is 12.2 Å². The van der Waals surface area contributed by atoms with E-state index in [1.807, 2.05) is 13.8 Å². The Labute approximate surface area is 107 Å². The SMILES string of the molecule is Cc1[nH]ncc1CNC(=O)C(C)N1CCNCC1. The molecule has 0 bridgehead atoms. The molecule has 1 aliphatic heterocycles. The first-order valence-electron chi connectivity index (χ1n) is 6.40. The molecule has 1 amide bonds. The summed E-state index contributed by atoms with van der Waals surface area (Å²) < 4.78 is 0. The minimum Gasteiger partial charge on any atom is -0.351 e. The predicted molar refractivity (Wildman–Crippen MR) is 69.1 cm³/mol. The van der Waals surface area contributed by atoms with Crippen molar-refractivity contribution in [3.8, 4) is 0 Å². The molecular weight excluding hydrogens is 230 g/mol. The zero-order chi connectivity index (χ0) is 13.0. The number of nitrogens with zero attached hydrogens (tertiary/aromatic N) is 2. The fraction of sp³-hybridized carbons (Fsp3) is 0.667. The summed E-state index contributed by atoms with van der Waals surface area (Å²) in [7, 11) is 0. The fourth-order valence-electron chi connectivity index (χ4n) is 2.12. The van der Waals surface area contributed by atoms with Crippen molar-refractivity contribution in [1.29, 1.82) is 0 Å². The highest BCUT2D eigenvalue weighted by Gasteiger charge is 2.22. The van der Waals surface area contributed by atoms with Crippen LogP contribution in [0.5, 0.6) is 0 Å². The molecule has 0 aliphatic carbocycles. The molecular formula is C12H21N5O. The molecule has 1 aromatic rings. The lowest BCUT2D eigenvalue weighted by Gasteiger charge is -2.31. The second-order valence-corrected chi connectivity index (χ2v) is 4.70. The maximum absolute atomic E-state index is 12.0. The van der Waals surface area contributed by atoms with Crippen LogP contribution in [0, 0.1) is 6.92 Å². The van der Waals surface area contributed by atoms with Crippen LogP contribution in [-0.2, 0) is 11.3 Å². The molecule has 0 spiro atoms. The van der Waals surface area contributed by atoms with Gasteiger partial charge in [0.25, 0.3) is 0 Å². The number of rotatable bonds is 4. The van der Waals surface area contributed by atoms with Gasteiger partial charge in [0.15, 0.2) is 0 Å². The van der Waals surface area contributed by atoms with Gasteiger partial charge in [-0.15, -0.1) is 0 Å². The van der Waals surface area contributed by atoms with Crippen LogP contribution in [0.1, 0.15) is 18.2 Å². The average Bonchev–Trinajstić information content (AvgIpc) is 2.81. The summed E-state index contributed by atoms with van der Waals surface area (Å²) in [6.45, 7) is 8.23. The van der Waals surface area contributed by atoms with Gasteiger partial charge in [-0.2, -0.15) is 5.10 Å². The zero-order valence-electron chi connectivity index (χ0n) is 11.0. The summed E-state index contributed by atoms with van der Waals surface area (Å²) in [6, 6.07) is -0.0701. The standard InChI is InChI=1S/C12H21N5O/c1-9-11(8-15-16-9)7-14-12(18)10(2)17-5-3-13-4-6-17/h8,10,13H,3-7H2,1-2H3,(H,14,18)(H,15,16). The highest BCUT2D eigenvalue weighted by Crippen LogP contribution is 2.04. The third-order valence-electron chi connectivity index (χ3n) is 3.47. The number of carbonyl (C=O) groups is 1. The van der Waals surface area contributed by atoms with Gasteiger partial charge in [-0.05, 0) is 13.8 Å². The van der Waals surface area contributed by atoms with E-state index in [-0.39, 0.29) is 11.9 Å². The van der Waals surface area contributed by atoms with E-state index in [1.165, 1.54) is 0 Å². The molecule has 1 aromatic heterocycles. The van der Waals surface area contributed by atoms with E-state index in [0.717, 1.165) is 37.4 Å². The van der Waals surface area contributed by atoms with Crippen LogP contribution in [0.2, 0.25) is 0 Å². The Morgan fingerprint density at radius 2 is 2.28 bits per heavy atom. The molecule has 6 heteroatoms. The molecule has 0 saturated carbocycles. The summed E-state index contributed by atoms with van der Waals surface area (Å²) in [5.41, 5.74) is 2.04. The number of aromatic nitrogens is 2. The Morgan fingerprint density at radius 3 is 2.89 bits per heavy atom. The Bertz CT molecular complexity index is 397. The van der Waals surface area contributed by atoms with Crippen molar-refractivity contribution in [2.45, 2.75) is 26.4 Å². The molecule has 1 saturated heterocycles. The number of hydrogen-bond acceptors (Lipinski definition) is 4. The first kappa shape index (κ1) is 13.0. The van der Waals surface area contributed by atoms with Crippen LogP contribution < -0.4 is 10.6 Å². The van der Waals surface area contributed by atoms with Crippen molar-refractivity contribution in [3.05, 3.63) is 17.5 Å². The molecule has 1 fully saturated rings. The number of aryl methyl sites for hydroxylation is 1. The number of H-pyrrole nitrogens is 1. The lowest BCUT2D eigenvalue weighted by Crippen LogP contribution is -2.52. The van der Waals surface area contributed by atoms with Gasteiger partial charge in [0, 0.05) is 44.0 Å². The van der Waals surface area contributed by atoms with Crippen molar-refractivity contribution < 1.29 is 4.79 Å². The van der Waals surface area contributed by atoms with Gasteiger partial charge in [-0.25, -0.2) is 0 Å². The molecule has 1 atom stereocenters. The highest BCUT2D eigenvalue weighted by molar-refractivity contribution is 5.81. The van der Waals surface area contributed by atoms with E-state index in [0.29, 0.717) is 6.54 Å². The van der Waals surface area contributed by atoms with Crippen LogP contribution in [0.25, 0.3) is 0 Å². The lowest BCUT2D eigenvalue weighted by molar-refractivity contribution is -0.126. The van der Waals surface area contributed by atoms with Gasteiger partial charge in [-0.3, -0.25) is 14.8 Å². The Morgan fingerprint density at radius 1 is 1.56 bits per heavy atom. The largest absolute Gasteiger partial charge is 0.351 e. The van der Waals surface area contributed by atoms with Gasteiger partial charge in [0.2, 0.25) is 5.91 Å². The number of hydrogen-bond donors (Lipinski definition) is 3. The van der Waals surface area contributed by atoms with E-state index < -0.39 is 0 Å².